The number of hydrogen-bond donors (Lipinski definition) is 2. The number of nitrogens with two attached hydrogens (primary N) is 1. The number of benzene rings is 1. The number of nitrogens with one attached hydrogen (secondary N) is 1. The summed E-state index contributed by atoms with van der Waals surface area (Å²) in [7, 11) is 0. The van der Waals surface area contributed by atoms with Crippen molar-refractivity contribution in [3.63, 3.8) is 0 Å². The Labute approximate surface area is 156 Å². The Hall–Kier alpha value is -2.54. The van der Waals surface area contributed by atoms with Gasteiger partial charge < -0.3 is 11.2 Å². The lowest BCUT2D eigenvalue weighted by Gasteiger charge is -2.05. The maximum atomic E-state index is 12.0. The molecule has 10 heteroatoms. The third-order valence-corrected chi connectivity index (χ3v) is 5.13. The van der Waals surface area contributed by atoms with E-state index in [1.165, 1.54) is 16.0 Å². The molecule has 0 aliphatic carbocycles. The van der Waals surface area contributed by atoms with Gasteiger partial charge in [-0.2, -0.15) is 5.26 Å². The Kier molecular flexibility index (Phi) is 5.23. The number of amides is 1. The molecule has 1 aromatic carbocycles. The molecule has 3 N–H and O–H groups in total. The second-order valence-electron chi connectivity index (χ2n) is 4.80. The summed E-state index contributed by atoms with van der Waals surface area (Å²) in [6, 6.07) is 10.8. The standard InChI is InChI=1S/C15H11ClN6OS2/c16-11-3-1-2-9(6-11)13-20-21-15(22(13)18)25-8-12(23)19-14-10(7-17)4-5-24-14/h1-6H,8,18H2,(H,19,23). The number of nitrogen functional groups attached to an aromatic ring is 1. The van der Waals surface area contributed by atoms with E-state index in [1.807, 2.05) is 12.1 Å². The van der Waals surface area contributed by atoms with Gasteiger partial charge in [-0.25, -0.2) is 4.68 Å². The highest BCUT2D eigenvalue weighted by Gasteiger charge is 2.15. The molecule has 0 spiro atoms. The zero-order valence-corrected chi connectivity index (χ0v) is 15.0. The van der Waals surface area contributed by atoms with Crippen LogP contribution in [0.2, 0.25) is 5.02 Å². The Bertz CT molecular complexity index is 961. The minimum absolute atomic E-state index is 0.0909. The van der Waals surface area contributed by atoms with Gasteiger partial charge in [-0.3, -0.25) is 4.79 Å². The molecular weight excluding hydrogens is 380 g/mol. The van der Waals surface area contributed by atoms with E-state index in [0.717, 1.165) is 17.3 Å². The highest BCUT2D eigenvalue weighted by molar-refractivity contribution is 7.99. The van der Waals surface area contributed by atoms with E-state index in [-0.39, 0.29) is 11.7 Å². The fourth-order valence-corrected chi connectivity index (χ4v) is 3.59. The van der Waals surface area contributed by atoms with Crippen molar-refractivity contribution in [2.45, 2.75) is 5.16 Å². The predicted molar refractivity (Wildman–Crippen MR) is 99.0 cm³/mol. The van der Waals surface area contributed by atoms with E-state index in [4.69, 9.17) is 22.7 Å². The fourth-order valence-electron chi connectivity index (χ4n) is 1.99. The topological polar surface area (TPSA) is 110 Å². The van der Waals surface area contributed by atoms with Gasteiger partial charge in [-0.15, -0.1) is 21.5 Å². The van der Waals surface area contributed by atoms with Crippen LogP contribution in [-0.2, 0) is 4.79 Å². The molecule has 3 aromatic rings. The van der Waals surface area contributed by atoms with E-state index in [1.54, 1.807) is 29.6 Å². The van der Waals surface area contributed by atoms with Crippen molar-refractivity contribution in [3.8, 4) is 17.5 Å². The average Bonchev–Trinajstić information content (AvgIpc) is 3.19. The first-order chi connectivity index (χ1) is 12.1. The summed E-state index contributed by atoms with van der Waals surface area (Å²) in [6.45, 7) is 0. The Morgan fingerprint density at radius 2 is 2.28 bits per heavy atom. The molecule has 126 valence electrons. The van der Waals surface area contributed by atoms with Crippen molar-refractivity contribution in [1.29, 1.82) is 5.26 Å². The number of thioether (sulfide) groups is 1. The number of nitriles is 1. The molecule has 25 heavy (non-hydrogen) atoms. The van der Waals surface area contributed by atoms with E-state index in [0.29, 0.717) is 26.6 Å². The highest BCUT2D eigenvalue weighted by Crippen LogP contribution is 2.25. The minimum Gasteiger partial charge on any atom is -0.335 e. The average molecular weight is 391 g/mol. The largest absolute Gasteiger partial charge is 0.335 e. The van der Waals surface area contributed by atoms with Gasteiger partial charge >= 0.3 is 0 Å². The van der Waals surface area contributed by atoms with E-state index in [2.05, 4.69) is 15.5 Å². The van der Waals surface area contributed by atoms with Gasteiger partial charge in [0.25, 0.3) is 0 Å². The molecule has 0 atom stereocenters. The molecule has 0 bridgehead atoms. The number of thiophene rings is 1. The summed E-state index contributed by atoms with van der Waals surface area (Å²) in [4.78, 5) is 12.0. The normalized spacial score (nSPS) is 10.4. The quantitative estimate of drug-likeness (QED) is 0.512. The number of anilines is 1. The van der Waals surface area contributed by atoms with Crippen LogP contribution < -0.4 is 11.2 Å². The van der Waals surface area contributed by atoms with E-state index >= 15 is 0 Å². The molecule has 0 unspecified atom stereocenters. The van der Waals surface area contributed by atoms with Crippen LogP contribution in [0.4, 0.5) is 5.00 Å². The highest BCUT2D eigenvalue weighted by atomic mass is 35.5. The third kappa shape index (κ3) is 3.93. The van der Waals surface area contributed by atoms with Crippen LogP contribution in [0.15, 0.2) is 40.9 Å². The number of carbonyl (C=O) groups excluding carboxylic acids is 1. The first-order valence-corrected chi connectivity index (χ1v) is 9.19. The summed E-state index contributed by atoms with van der Waals surface area (Å²) >= 11 is 8.42. The van der Waals surface area contributed by atoms with Crippen molar-refractivity contribution in [1.82, 2.24) is 14.9 Å². The summed E-state index contributed by atoms with van der Waals surface area (Å²) in [5, 5.41) is 22.9. The van der Waals surface area contributed by atoms with Crippen molar-refractivity contribution < 1.29 is 4.79 Å². The number of rotatable bonds is 5. The molecule has 3 rings (SSSR count). The van der Waals surface area contributed by atoms with Crippen LogP contribution in [-0.4, -0.2) is 26.5 Å². The van der Waals surface area contributed by atoms with Crippen LogP contribution in [0.5, 0.6) is 0 Å². The zero-order chi connectivity index (χ0) is 17.8. The number of carbonyl (C=O) groups is 1. The summed E-state index contributed by atoms with van der Waals surface area (Å²) in [6.07, 6.45) is 0. The van der Waals surface area contributed by atoms with E-state index in [9.17, 15) is 4.79 Å². The molecule has 0 aliphatic heterocycles. The predicted octanol–water partition coefficient (Wildman–Crippen LogP) is 2.98. The van der Waals surface area contributed by atoms with Gasteiger partial charge in [-0.1, -0.05) is 35.5 Å². The minimum atomic E-state index is -0.253. The lowest BCUT2D eigenvalue weighted by molar-refractivity contribution is -0.113. The van der Waals surface area contributed by atoms with Crippen LogP contribution in [0.3, 0.4) is 0 Å². The maximum absolute atomic E-state index is 12.0. The first kappa shape index (κ1) is 17.3. The third-order valence-electron chi connectivity index (χ3n) is 3.12. The molecule has 2 heterocycles. The van der Waals surface area contributed by atoms with Crippen molar-refractivity contribution in [3.05, 3.63) is 46.3 Å². The lowest BCUT2D eigenvalue weighted by atomic mass is 10.2. The van der Waals surface area contributed by atoms with Gasteiger partial charge in [0.15, 0.2) is 5.82 Å². The van der Waals surface area contributed by atoms with Gasteiger partial charge in [-0.05, 0) is 23.6 Å². The second-order valence-corrected chi connectivity index (χ2v) is 7.09. The smallest absolute Gasteiger partial charge is 0.235 e. The Morgan fingerprint density at radius 1 is 1.44 bits per heavy atom. The first-order valence-electron chi connectivity index (χ1n) is 6.95. The van der Waals surface area contributed by atoms with Gasteiger partial charge in [0.1, 0.15) is 11.1 Å². The van der Waals surface area contributed by atoms with Crippen molar-refractivity contribution in [2.24, 2.45) is 0 Å². The molecule has 0 saturated carbocycles. The van der Waals surface area contributed by atoms with E-state index < -0.39 is 0 Å². The molecule has 0 fully saturated rings. The van der Waals surface area contributed by atoms with Crippen molar-refractivity contribution in [2.75, 3.05) is 16.9 Å². The van der Waals surface area contributed by atoms with Crippen LogP contribution in [0, 0.1) is 11.3 Å². The summed E-state index contributed by atoms with van der Waals surface area (Å²) < 4.78 is 1.31. The summed E-state index contributed by atoms with van der Waals surface area (Å²) in [5.74, 6) is 6.30. The van der Waals surface area contributed by atoms with Crippen molar-refractivity contribution >= 4 is 45.6 Å². The SMILES string of the molecule is N#Cc1ccsc1NC(=O)CSc1nnc(-c2cccc(Cl)c2)n1N. The van der Waals surface area contributed by atoms with Crippen LogP contribution in [0.1, 0.15) is 5.56 Å². The number of aromatic nitrogens is 3. The molecule has 1 amide bonds. The van der Waals surface area contributed by atoms with Crippen LogP contribution >= 0.6 is 34.7 Å². The molecule has 0 saturated heterocycles. The monoisotopic (exact) mass is 390 g/mol. The van der Waals surface area contributed by atoms with Gasteiger partial charge in [0.2, 0.25) is 11.1 Å². The second kappa shape index (κ2) is 7.57. The molecule has 7 nitrogen and oxygen atoms in total. The number of nitrogens with zero attached hydrogens (tertiary/aromatic N) is 4. The Morgan fingerprint density at radius 3 is 3.04 bits per heavy atom. The lowest BCUT2D eigenvalue weighted by Crippen LogP contribution is -2.16. The number of halogens is 1. The van der Waals surface area contributed by atoms with Crippen LogP contribution in [0.25, 0.3) is 11.4 Å². The molecular formula is C15H11ClN6OS2. The summed E-state index contributed by atoms with van der Waals surface area (Å²) in [5.41, 5.74) is 1.17. The molecule has 0 radical (unpaired) electrons. The molecule has 2 aromatic heterocycles. The van der Waals surface area contributed by atoms with Gasteiger partial charge in [0, 0.05) is 10.6 Å². The maximum Gasteiger partial charge on any atom is 0.235 e. The Balaban J connectivity index is 1.66. The zero-order valence-electron chi connectivity index (χ0n) is 12.6. The molecule has 0 aliphatic rings. The van der Waals surface area contributed by atoms with Gasteiger partial charge in [0.05, 0.1) is 11.3 Å². The number of hydrogen-bond acceptors (Lipinski definition) is 7. The fraction of sp³-hybridized carbons (Fsp3) is 0.0667.